The van der Waals surface area contributed by atoms with Crippen molar-refractivity contribution in [3.63, 3.8) is 0 Å². The average Bonchev–Trinajstić information content (AvgIpc) is 3.31. The molecule has 2 unspecified atom stereocenters. The Hall–Kier alpha value is -4.57. The summed E-state index contributed by atoms with van der Waals surface area (Å²) < 4.78 is 5.82. The Morgan fingerprint density at radius 2 is 1.67 bits per heavy atom. The zero-order valence-electron chi connectivity index (χ0n) is 20.0. The number of carbonyl (C=O) groups is 2. The molecule has 0 saturated carbocycles. The van der Waals surface area contributed by atoms with Gasteiger partial charge in [0.1, 0.15) is 0 Å². The van der Waals surface area contributed by atoms with E-state index in [9.17, 15) is 14.9 Å². The third-order valence-corrected chi connectivity index (χ3v) is 6.14. The molecule has 36 heavy (non-hydrogen) atoms. The highest BCUT2D eigenvalue weighted by Crippen LogP contribution is 2.29. The van der Waals surface area contributed by atoms with Crippen LogP contribution in [-0.4, -0.2) is 22.6 Å². The highest BCUT2D eigenvalue weighted by atomic mass is 16.6. The van der Waals surface area contributed by atoms with E-state index >= 15 is 0 Å². The number of hydrogen-bond acceptors (Lipinski definition) is 4. The number of carbonyl (C=O) groups excluding carboxylic acids is 2. The Morgan fingerprint density at radius 1 is 1.00 bits per heavy atom. The van der Waals surface area contributed by atoms with E-state index in [0.29, 0.717) is 0 Å². The van der Waals surface area contributed by atoms with Crippen LogP contribution in [0, 0.1) is 11.3 Å². The van der Waals surface area contributed by atoms with E-state index in [-0.39, 0.29) is 25.4 Å². The standard InChI is InChI=1S/C29H28N4O3/c1-21(23-12-6-3-7-13-23)33-27(34)29(16-17-30,18-24-20-31-26-15-9-8-14-25(24)26)36-28(35)32-19-22-10-4-2-5-11-22/h2-15,20-21,31H,16,18-19H2,1H3,(H,32,35)(H,33,34). The molecule has 4 aromatic rings. The molecular weight excluding hydrogens is 452 g/mol. The van der Waals surface area contributed by atoms with Crippen molar-refractivity contribution in [2.75, 3.05) is 0 Å². The van der Waals surface area contributed by atoms with E-state index < -0.39 is 17.6 Å². The van der Waals surface area contributed by atoms with Gasteiger partial charge in [0.2, 0.25) is 5.60 Å². The second kappa shape index (κ2) is 11.2. The molecule has 7 nitrogen and oxygen atoms in total. The third-order valence-electron chi connectivity index (χ3n) is 6.14. The van der Waals surface area contributed by atoms with E-state index in [2.05, 4.69) is 21.7 Å². The van der Waals surface area contributed by atoms with Crippen molar-refractivity contribution in [3.8, 4) is 6.07 Å². The van der Waals surface area contributed by atoms with Crippen LogP contribution in [0.4, 0.5) is 4.79 Å². The van der Waals surface area contributed by atoms with Gasteiger partial charge in [0.05, 0.1) is 18.5 Å². The SMILES string of the molecule is CC(NC(=O)C(CC#N)(Cc1c[nH]c2ccccc12)OC(=O)NCc1ccccc1)c1ccccc1. The van der Waals surface area contributed by atoms with Gasteiger partial charge in [0.15, 0.2) is 0 Å². The molecule has 3 aromatic carbocycles. The second-order valence-electron chi connectivity index (χ2n) is 8.70. The number of nitriles is 1. The van der Waals surface area contributed by atoms with Gasteiger partial charge in [0.25, 0.3) is 5.91 Å². The normalized spacial score (nSPS) is 13.2. The summed E-state index contributed by atoms with van der Waals surface area (Å²) in [6.07, 6.45) is 0.752. The summed E-state index contributed by atoms with van der Waals surface area (Å²) in [6, 6.07) is 28.3. The molecule has 0 saturated heterocycles. The maximum atomic E-state index is 13.7. The minimum atomic E-state index is -1.73. The van der Waals surface area contributed by atoms with Crippen LogP contribution in [0.15, 0.2) is 91.1 Å². The van der Waals surface area contributed by atoms with Crippen LogP contribution in [-0.2, 0) is 22.5 Å². The molecule has 0 aliphatic carbocycles. The molecule has 7 heteroatoms. The molecular formula is C29H28N4O3. The minimum Gasteiger partial charge on any atom is -0.431 e. The van der Waals surface area contributed by atoms with E-state index in [1.165, 1.54) is 0 Å². The highest BCUT2D eigenvalue weighted by molar-refractivity contribution is 5.90. The number of nitrogens with one attached hydrogen (secondary N) is 3. The molecule has 0 fully saturated rings. The molecule has 2 amide bonds. The number of rotatable bonds is 9. The highest BCUT2D eigenvalue weighted by Gasteiger charge is 2.44. The van der Waals surface area contributed by atoms with E-state index in [0.717, 1.165) is 27.6 Å². The zero-order chi connectivity index (χ0) is 25.4. The maximum Gasteiger partial charge on any atom is 0.408 e. The smallest absolute Gasteiger partial charge is 0.408 e. The van der Waals surface area contributed by atoms with Crippen LogP contribution < -0.4 is 10.6 Å². The molecule has 2 atom stereocenters. The number of aromatic amines is 1. The molecule has 182 valence electrons. The number of aromatic nitrogens is 1. The predicted octanol–water partition coefficient (Wildman–Crippen LogP) is 5.17. The largest absolute Gasteiger partial charge is 0.431 e. The van der Waals surface area contributed by atoms with E-state index in [1.54, 1.807) is 6.20 Å². The van der Waals surface area contributed by atoms with Gasteiger partial charge in [-0.05, 0) is 29.7 Å². The number of H-pyrrole nitrogens is 1. The molecule has 4 rings (SSSR count). The van der Waals surface area contributed by atoms with Crippen molar-refractivity contribution in [1.82, 2.24) is 15.6 Å². The molecule has 1 heterocycles. The van der Waals surface area contributed by atoms with Crippen molar-refractivity contribution in [2.45, 2.75) is 38.0 Å². The lowest BCUT2D eigenvalue weighted by molar-refractivity contribution is -0.140. The van der Waals surface area contributed by atoms with Gasteiger partial charge in [-0.25, -0.2) is 4.79 Å². The first-order valence-electron chi connectivity index (χ1n) is 11.8. The average molecular weight is 481 g/mol. The summed E-state index contributed by atoms with van der Waals surface area (Å²) in [5.74, 6) is -0.527. The number of hydrogen-bond donors (Lipinski definition) is 3. The molecule has 3 N–H and O–H groups in total. The first kappa shape index (κ1) is 24.6. The Morgan fingerprint density at radius 3 is 2.39 bits per heavy atom. The summed E-state index contributed by atoms with van der Waals surface area (Å²) in [7, 11) is 0. The number of fused-ring (bicyclic) bond motifs is 1. The topological polar surface area (TPSA) is 107 Å². The van der Waals surface area contributed by atoms with E-state index in [1.807, 2.05) is 91.9 Å². The summed E-state index contributed by atoms with van der Waals surface area (Å²) in [5, 5.41) is 16.3. The van der Waals surface area contributed by atoms with Crippen LogP contribution in [0.25, 0.3) is 10.9 Å². The fourth-order valence-corrected chi connectivity index (χ4v) is 4.19. The van der Waals surface area contributed by atoms with Crippen LogP contribution in [0.3, 0.4) is 0 Å². The quantitative estimate of drug-likeness (QED) is 0.307. The second-order valence-corrected chi connectivity index (χ2v) is 8.70. The van der Waals surface area contributed by atoms with Crippen molar-refractivity contribution in [2.24, 2.45) is 0 Å². The van der Waals surface area contributed by atoms with Gasteiger partial charge in [-0.2, -0.15) is 5.26 Å². The number of alkyl carbamates (subject to hydrolysis) is 1. The molecule has 1 aromatic heterocycles. The molecule has 0 radical (unpaired) electrons. The van der Waals surface area contributed by atoms with Crippen molar-refractivity contribution in [1.29, 1.82) is 5.26 Å². The number of para-hydroxylation sites is 1. The van der Waals surface area contributed by atoms with Gasteiger partial charge in [-0.15, -0.1) is 0 Å². The van der Waals surface area contributed by atoms with Gasteiger partial charge in [-0.3, -0.25) is 4.79 Å². The lowest BCUT2D eigenvalue weighted by Crippen LogP contribution is -2.53. The molecule has 0 bridgehead atoms. The lowest BCUT2D eigenvalue weighted by Gasteiger charge is -2.31. The first-order valence-corrected chi connectivity index (χ1v) is 11.8. The Balaban J connectivity index is 1.62. The summed E-state index contributed by atoms with van der Waals surface area (Å²) >= 11 is 0. The molecule has 0 aliphatic rings. The monoisotopic (exact) mass is 480 g/mol. The summed E-state index contributed by atoms with van der Waals surface area (Å²) in [4.78, 5) is 29.8. The fourth-order valence-electron chi connectivity index (χ4n) is 4.19. The van der Waals surface area contributed by atoms with Gasteiger partial charge in [0, 0.05) is 30.1 Å². The predicted molar refractivity (Wildman–Crippen MR) is 138 cm³/mol. The van der Waals surface area contributed by atoms with Crippen LogP contribution in [0.2, 0.25) is 0 Å². The van der Waals surface area contributed by atoms with Crippen LogP contribution in [0.1, 0.15) is 36.1 Å². The molecule has 0 spiro atoms. The minimum absolute atomic E-state index is 0.0384. The maximum absolute atomic E-state index is 13.7. The van der Waals surface area contributed by atoms with Gasteiger partial charge >= 0.3 is 6.09 Å². The van der Waals surface area contributed by atoms with Gasteiger partial charge in [-0.1, -0.05) is 78.9 Å². The first-order chi connectivity index (χ1) is 17.5. The van der Waals surface area contributed by atoms with E-state index in [4.69, 9.17) is 4.74 Å². The van der Waals surface area contributed by atoms with Crippen LogP contribution >= 0.6 is 0 Å². The van der Waals surface area contributed by atoms with Crippen LogP contribution in [0.5, 0.6) is 0 Å². The zero-order valence-corrected chi connectivity index (χ0v) is 20.0. The third kappa shape index (κ3) is 5.73. The fraction of sp³-hybridized carbons (Fsp3) is 0.207. The van der Waals surface area contributed by atoms with Crippen molar-refractivity contribution in [3.05, 3.63) is 108 Å². The van der Waals surface area contributed by atoms with Crippen molar-refractivity contribution >= 4 is 22.9 Å². The Bertz CT molecular complexity index is 1360. The summed E-state index contributed by atoms with van der Waals surface area (Å²) in [5.41, 5.74) is 1.73. The Labute approximate surface area is 210 Å². The van der Waals surface area contributed by atoms with Gasteiger partial charge < -0.3 is 20.4 Å². The lowest BCUT2D eigenvalue weighted by atomic mass is 9.89. The number of amides is 2. The Kier molecular flexibility index (Phi) is 7.66. The molecule has 0 aliphatic heterocycles. The van der Waals surface area contributed by atoms with Crippen molar-refractivity contribution < 1.29 is 14.3 Å². The number of nitrogens with zero attached hydrogens (tertiary/aromatic N) is 1. The number of benzene rings is 3. The number of ether oxygens (including phenoxy) is 1. The summed E-state index contributed by atoms with van der Waals surface area (Å²) in [6.45, 7) is 2.09.